The fraction of sp³-hybridized carbons (Fsp3) is 0.667. The van der Waals surface area contributed by atoms with E-state index in [1.165, 1.54) is 0 Å². The maximum atomic E-state index is 11.8. The SMILES string of the molecule is COC(C)CNC(C)c1c(C)nc(C)[nH]c1=O. The molecule has 1 aromatic rings. The molecular weight excluding hydrogens is 218 g/mol. The molecule has 0 bridgehead atoms. The molecule has 1 aromatic heterocycles. The van der Waals surface area contributed by atoms with Gasteiger partial charge < -0.3 is 15.0 Å². The van der Waals surface area contributed by atoms with Crippen molar-refractivity contribution in [3.05, 3.63) is 27.4 Å². The molecule has 0 spiro atoms. The van der Waals surface area contributed by atoms with Crippen molar-refractivity contribution in [2.45, 2.75) is 39.8 Å². The van der Waals surface area contributed by atoms with Crippen LogP contribution in [0.4, 0.5) is 0 Å². The van der Waals surface area contributed by atoms with Crippen molar-refractivity contribution in [1.29, 1.82) is 0 Å². The number of aryl methyl sites for hydroxylation is 2. The van der Waals surface area contributed by atoms with Gasteiger partial charge in [0.05, 0.1) is 11.7 Å². The third-order valence-electron chi connectivity index (χ3n) is 2.81. The van der Waals surface area contributed by atoms with E-state index in [4.69, 9.17) is 4.74 Å². The molecule has 0 radical (unpaired) electrons. The number of ether oxygens (including phenoxy) is 1. The minimum absolute atomic E-state index is 0.0375. The second-order valence-corrected chi connectivity index (χ2v) is 4.33. The van der Waals surface area contributed by atoms with E-state index < -0.39 is 0 Å². The molecule has 2 atom stereocenters. The minimum Gasteiger partial charge on any atom is -0.380 e. The second-order valence-electron chi connectivity index (χ2n) is 4.33. The van der Waals surface area contributed by atoms with Crippen LogP contribution in [-0.2, 0) is 4.74 Å². The highest BCUT2D eigenvalue weighted by molar-refractivity contribution is 5.19. The van der Waals surface area contributed by atoms with E-state index in [2.05, 4.69) is 15.3 Å². The van der Waals surface area contributed by atoms with Crippen LogP contribution in [0.3, 0.4) is 0 Å². The fourth-order valence-electron chi connectivity index (χ4n) is 1.77. The lowest BCUT2D eigenvalue weighted by Gasteiger charge is -2.17. The Hall–Kier alpha value is -1.20. The number of rotatable bonds is 5. The van der Waals surface area contributed by atoms with Gasteiger partial charge in [-0.25, -0.2) is 4.98 Å². The van der Waals surface area contributed by atoms with Crippen molar-refractivity contribution >= 4 is 0 Å². The van der Waals surface area contributed by atoms with Gasteiger partial charge in [0.1, 0.15) is 5.82 Å². The normalized spacial score (nSPS) is 14.6. The standard InChI is InChI=1S/C12H21N3O2/c1-7(17-5)6-13-8(2)11-9(3)14-10(4)15-12(11)16/h7-8,13H,6H2,1-5H3,(H,14,15,16). The first-order valence-corrected chi connectivity index (χ1v) is 5.79. The number of aromatic nitrogens is 2. The molecule has 1 heterocycles. The molecule has 0 saturated heterocycles. The summed E-state index contributed by atoms with van der Waals surface area (Å²) in [6.07, 6.45) is 0.121. The average molecular weight is 239 g/mol. The summed E-state index contributed by atoms with van der Waals surface area (Å²) in [6, 6.07) is -0.0375. The summed E-state index contributed by atoms with van der Waals surface area (Å²) in [6.45, 7) is 8.27. The number of hydrogen-bond acceptors (Lipinski definition) is 4. The number of nitrogens with one attached hydrogen (secondary N) is 2. The predicted octanol–water partition coefficient (Wildman–Crippen LogP) is 1.07. The number of methoxy groups -OCH3 is 1. The van der Waals surface area contributed by atoms with Crippen LogP contribution in [0.5, 0.6) is 0 Å². The van der Waals surface area contributed by atoms with E-state index in [9.17, 15) is 4.79 Å². The zero-order valence-corrected chi connectivity index (χ0v) is 11.1. The van der Waals surface area contributed by atoms with Crippen molar-refractivity contribution in [3.8, 4) is 0 Å². The van der Waals surface area contributed by atoms with Gasteiger partial charge in [-0.2, -0.15) is 0 Å². The molecule has 17 heavy (non-hydrogen) atoms. The third kappa shape index (κ3) is 3.64. The van der Waals surface area contributed by atoms with Crippen LogP contribution in [0.25, 0.3) is 0 Å². The van der Waals surface area contributed by atoms with Crippen LogP contribution in [0.2, 0.25) is 0 Å². The molecule has 1 rings (SSSR count). The Morgan fingerprint density at radius 1 is 1.41 bits per heavy atom. The van der Waals surface area contributed by atoms with Crippen molar-refractivity contribution in [3.63, 3.8) is 0 Å². The highest BCUT2D eigenvalue weighted by Crippen LogP contribution is 2.10. The number of nitrogens with zero attached hydrogens (tertiary/aromatic N) is 1. The van der Waals surface area contributed by atoms with Gasteiger partial charge in [0.25, 0.3) is 5.56 Å². The zero-order valence-electron chi connectivity index (χ0n) is 11.1. The quantitative estimate of drug-likeness (QED) is 0.806. The first-order valence-electron chi connectivity index (χ1n) is 5.79. The fourth-order valence-corrected chi connectivity index (χ4v) is 1.77. The van der Waals surface area contributed by atoms with E-state index in [-0.39, 0.29) is 17.7 Å². The van der Waals surface area contributed by atoms with Gasteiger partial charge in [0, 0.05) is 25.4 Å². The van der Waals surface area contributed by atoms with Gasteiger partial charge in [0.15, 0.2) is 0 Å². The smallest absolute Gasteiger partial charge is 0.255 e. The van der Waals surface area contributed by atoms with E-state index in [1.54, 1.807) is 14.0 Å². The second kappa shape index (κ2) is 5.93. The van der Waals surface area contributed by atoms with E-state index in [0.29, 0.717) is 17.9 Å². The molecule has 96 valence electrons. The molecule has 0 amide bonds. The van der Waals surface area contributed by atoms with E-state index >= 15 is 0 Å². The van der Waals surface area contributed by atoms with Gasteiger partial charge in [-0.05, 0) is 27.7 Å². The molecule has 5 heteroatoms. The predicted molar refractivity (Wildman–Crippen MR) is 67.2 cm³/mol. The molecule has 0 aliphatic carbocycles. The monoisotopic (exact) mass is 239 g/mol. The van der Waals surface area contributed by atoms with Crippen molar-refractivity contribution in [1.82, 2.24) is 15.3 Å². The Kier molecular flexibility index (Phi) is 4.84. The molecule has 5 nitrogen and oxygen atoms in total. The zero-order chi connectivity index (χ0) is 13.0. The molecule has 0 aliphatic heterocycles. The molecule has 2 N–H and O–H groups in total. The third-order valence-corrected chi connectivity index (χ3v) is 2.81. The summed E-state index contributed by atoms with van der Waals surface area (Å²) in [5.41, 5.74) is 1.40. The van der Waals surface area contributed by atoms with Crippen LogP contribution >= 0.6 is 0 Å². The molecule has 0 aromatic carbocycles. The highest BCUT2D eigenvalue weighted by atomic mass is 16.5. The Labute approximate surface area is 102 Å². The Morgan fingerprint density at radius 2 is 2.06 bits per heavy atom. The summed E-state index contributed by atoms with van der Waals surface area (Å²) in [5, 5.41) is 3.27. The minimum atomic E-state index is -0.0694. The number of hydrogen-bond donors (Lipinski definition) is 2. The van der Waals surface area contributed by atoms with Gasteiger partial charge in [-0.1, -0.05) is 0 Å². The summed E-state index contributed by atoms with van der Waals surface area (Å²) >= 11 is 0. The van der Waals surface area contributed by atoms with Crippen LogP contribution in [0, 0.1) is 13.8 Å². The number of H-pyrrole nitrogens is 1. The van der Waals surface area contributed by atoms with Crippen LogP contribution in [0.15, 0.2) is 4.79 Å². The summed E-state index contributed by atoms with van der Waals surface area (Å²) < 4.78 is 5.15. The van der Waals surface area contributed by atoms with Crippen molar-refractivity contribution < 1.29 is 4.74 Å². The lowest BCUT2D eigenvalue weighted by Crippen LogP contribution is -2.32. The summed E-state index contributed by atoms with van der Waals surface area (Å²) in [4.78, 5) is 18.8. The lowest BCUT2D eigenvalue weighted by molar-refractivity contribution is 0.115. The Bertz CT molecular complexity index is 428. The molecule has 0 aliphatic rings. The first kappa shape index (κ1) is 13.9. The van der Waals surface area contributed by atoms with Gasteiger partial charge in [0.2, 0.25) is 0 Å². The van der Waals surface area contributed by atoms with Gasteiger partial charge in [-0.3, -0.25) is 4.79 Å². The molecule has 0 saturated carbocycles. The van der Waals surface area contributed by atoms with Crippen LogP contribution in [0.1, 0.15) is 37.0 Å². The Balaban J connectivity index is 2.82. The highest BCUT2D eigenvalue weighted by Gasteiger charge is 2.14. The molecule has 2 unspecified atom stereocenters. The average Bonchev–Trinajstić information content (AvgIpc) is 2.24. The molecule has 0 fully saturated rings. The molecular formula is C12H21N3O2. The largest absolute Gasteiger partial charge is 0.380 e. The van der Waals surface area contributed by atoms with Gasteiger partial charge >= 0.3 is 0 Å². The maximum Gasteiger partial charge on any atom is 0.255 e. The number of aromatic amines is 1. The maximum absolute atomic E-state index is 11.8. The Morgan fingerprint density at radius 3 is 2.59 bits per heavy atom. The lowest BCUT2D eigenvalue weighted by atomic mass is 10.1. The van der Waals surface area contributed by atoms with Crippen molar-refractivity contribution in [2.24, 2.45) is 0 Å². The van der Waals surface area contributed by atoms with E-state index in [0.717, 1.165) is 5.69 Å². The topological polar surface area (TPSA) is 67.0 Å². The van der Waals surface area contributed by atoms with Crippen LogP contribution in [-0.4, -0.2) is 29.7 Å². The summed E-state index contributed by atoms with van der Waals surface area (Å²) in [5.74, 6) is 0.647. The van der Waals surface area contributed by atoms with Gasteiger partial charge in [-0.15, -0.1) is 0 Å². The first-order chi connectivity index (χ1) is 7.95. The van der Waals surface area contributed by atoms with Crippen molar-refractivity contribution in [2.75, 3.05) is 13.7 Å². The van der Waals surface area contributed by atoms with Crippen LogP contribution < -0.4 is 10.9 Å². The van der Waals surface area contributed by atoms with E-state index in [1.807, 2.05) is 20.8 Å². The summed E-state index contributed by atoms with van der Waals surface area (Å²) in [7, 11) is 1.67.